The number of amides is 1. The maximum absolute atomic E-state index is 13.2. The molecule has 26 heavy (non-hydrogen) atoms. The lowest BCUT2D eigenvalue weighted by molar-refractivity contribution is 0.102. The van der Waals surface area contributed by atoms with E-state index in [0.717, 1.165) is 30.5 Å². The number of hydrogen-bond donors (Lipinski definition) is 2. The summed E-state index contributed by atoms with van der Waals surface area (Å²) in [6.45, 7) is 0. The number of anilines is 3. The van der Waals surface area contributed by atoms with Crippen LogP contribution in [0.15, 0.2) is 48.8 Å². The summed E-state index contributed by atoms with van der Waals surface area (Å²) in [6, 6.07) is 6.12. The lowest BCUT2D eigenvalue weighted by atomic mass is 10.3. The van der Waals surface area contributed by atoms with Crippen LogP contribution in [0.1, 0.15) is 10.5 Å². The number of nitrogens with zero attached hydrogens (tertiary/aromatic N) is 2. The van der Waals surface area contributed by atoms with Crippen molar-refractivity contribution in [2.24, 2.45) is 0 Å². The minimum absolute atomic E-state index is 0.0553. The Morgan fingerprint density at radius 3 is 1.96 bits per heavy atom. The first-order valence-corrected chi connectivity index (χ1v) is 7.23. The fourth-order valence-corrected chi connectivity index (χ4v) is 2.00. The molecule has 132 valence electrons. The number of benzene rings is 2. The van der Waals surface area contributed by atoms with E-state index in [1.54, 1.807) is 0 Å². The van der Waals surface area contributed by atoms with Crippen LogP contribution in [0.4, 0.5) is 34.8 Å². The van der Waals surface area contributed by atoms with Gasteiger partial charge in [0.2, 0.25) is 0 Å². The fraction of sp³-hybridized carbons (Fsp3) is 0. The molecule has 1 aromatic heterocycles. The van der Waals surface area contributed by atoms with Crippen molar-refractivity contribution in [1.82, 2.24) is 9.97 Å². The van der Waals surface area contributed by atoms with E-state index in [9.17, 15) is 22.4 Å². The molecule has 0 radical (unpaired) electrons. The molecule has 3 rings (SSSR count). The summed E-state index contributed by atoms with van der Waals surface area (Å²) in [4.78, 5) is 19.8. The van der Waals surface area contributed by atoms with Gasteiger partial charge in [0, 0.05) is 23.5 Å². The monoisotopic (exact) mass is 362 g/mol. The van der Waals surface area contributed by atoms with Gasteiger partial charge in [0.15, 0.2) is 23.3 Å². The van der Waals surface area contributed by atoms with Gasteiger partial charge in [-0.2, -0.15) is 0 Å². The molecule has 2 N–H and O–H groups in total. The molecule has 0 saturated carbocycles. The van der Waals surface area contributed by atoms with Crippen LogP contribution < -0.4 is 10.6 Å². The SMILES string of the molecule is O=C(Nc1ccc(F)c(F)c1)c1cnc(Nc2ccc(F)c(F)c2)cn1. The quantitative estimate of drug-likeness (QED) is 0.688. The number of halogens is 4. The van der Waals surface area contributed by atoms with E-state index in [4.69, 9.17) is 0 Å². The Hall–Kier alpha value is -3.49. The van der Waals surface area contributed by atoms with Crippen LogP contribution in [-0.2, 0) is 0 Å². The van der Waals surface area contributed by atoms with E-state index < -0.39 is 29.2 Å². The molecule has 0 aliphatic carbocycles. The van der Waals surface area contributed by atoms with Gasteiger partial charge in [-0.05, 0) is 24.3 Å². The highest BCUT2D eigenvalue weighted by Gasteiger charge is 2.11. The minimum atomic E-state index is -1.10. The zero-order chi connectivity index (χ0) is 18.7. The lowest BCUT2D eigenvalue weighted by Crippen LogP contribution is -2.14. The van der Waals surface area contributed by atoms with E-state index in [1.807, 2.05) is 0 Å². The number of rotatable bonds is 4. The van der Waals surface area contributed by atoms with Gasteiger partial charge in [-0.15, -0.1) is 0 Å². The van der Waals surface area contributed by atoms with Crippen LogP contribution in [-0.4, -0.2) is 15.9 Å². The van der Waals surface area contributed by atoms with Gasteiger partial charge in [-0.25, -0.2) is 27.5 Å². The van der Waals surface area contributed by atoms with Crippen molar-refractivity contribution in [2.45, 2.75) is 0 Å². The average molecular weight is 362 g/mol. The molecule has 3 aromatic rings. The number of aromatic nitrogens is 2. The zero-order valence-corrected chi connectivity index (χ0v) is 12.9. The largest absolute Gasteiger partial charge is 0.339 e. The van der Waals surface area contributed by atoms with E-state index in [-0.39, 0.29) is 22.9 Å². The summed E-state index contributed by atoms with van der Waals surface area (Å²) in [6.07, 6.45) is 2.35. The van der Waals surface area contributed by atoms with Crippen LogP contribution in [0, 0.1) is 23.3 Å². The highest BCUT2D eigenvalue weighted by molar-refractivity contribution is 6.02. The number of carbonyl (C=O) groups excluding carboxylic acids is 1. The zero-order valence-electron chi connectivity index (χ0n) is 12.9. The van der Waals surface area contributed by atoms with Crippen LogP contribution >= 0.6 is 0 Å². The van der Waals surface area contributed by atoms with E-state index in [2.05, 4.69) is 20.6 Å². The summed E-state index contributed by atoms with van der Waals surface area (Å²) in [5.41, 5.74) is 0.224. The first-order chi connectivity index (χ1) is 12.4. The van der Waals surface area contributed by atoms with Gasteiger partial charge in [0.1, 0.15) is 11.5 Å². The fourth-order valence-electron chi connectivity index (χ4n) is 2.00. The maximum atomic E-state index is 13.2. The van der Waals surface area contributed by atoms with Crippen molar-refractivity contribution < 1.29 is 22.4 Å². The van der Waals surface area contributed by atoms with Crippen LogP contribution in [0.25, 0.3) is 0 Å². The molecule has 0 fully saturated rings. The molecule has 9 heteroatoms. The van der Waals surface area contributed by atoms with Crippen LogP contribution in [0.2, 0.25) is 0 Å². The molecule has 0 unspecified atom stereocenters. The van der Waals surface area contributed by atoms with Gasteiger partial charge in [-0.1, -0.05) is 0 Å². The summed E-state index contributed by atoms with van der Waals surface area (Å²) in [7, 11) is 0. The summed E-state index contributed by atoms with van der Waals surface area (Å²) < 4.78 is 52.0. The third kappa shape index (κ3) is 3.94. The number of hydrogen-bond acceptors (Lipinski definition) is 4. The van der Waals surface area contributed by atoms with Gasteiger partial charge in [-0.3, -0.25) is 4.79 Å². The van der Waals surface area contributed by atoms with Gasteiger partial charge in [0.05, 0.1) is 12.4 Å². The normalized spacial score (nSPS) is 10.5. The predicted octanol–water partition coefficient (Wildman–Crippen LogP) is 4.03. The lowest BCUT2D eigenvalue weighted by Gasteiger charge is -2.07. The summed E-state index contributed by atoms with van der Waals surface area (Å²) in [5, 5.41) is 5.05. The molecular formula is C17H10F4N4O. The van der Waals surface area contributed by atoms with Crippen molar-refractivity contribution in [2.75, 3.05) is 10.6 Å². The molecular weight excluding hydrogens is 352 g/mol. The van der Waals surface area contributed by atoms with E-state index in [0.29, 0.717) is 0 Å². The van der Waals surface area contributed by atoms with Gasteiger partial charge < -0.3 is 10.6 Å². The van der Waals surface area contributed by atoms with Crippen molar-refractivity contribution in [1.29, 1.82) is 0 Å². The highest BCUT2D eigenvalue weighted by Crippen LogP contribution is 2.17. The van der Waals surface area contributed by atoms with Crippen molar-refractivity contribution >= 4 is 23.1 Å². The molecule has 2 aromatic carbocycles. The Balaban J connectivity index is 1.69. The predicted molar refractivity (Wildman–Crippen MR) is 86.0 cm³/mol. The van der Waals surface area contributed by atoms with Crippen LogP contribution in [0.5, 0.6) is 0 Å². The molecule has 0 bridgehead atoms. The number of nitrogens with one attached hydrogen (secondary N) is 2. The Morgan fingerprint density at radius 2 is 1.38 bits per heavy atom. The first kappa shape index (κ1) is 17.3. The van der Waals surface area contributed by atoms with Gasteiger partial charge >= 0.3 is 0 Å². The van der Waals surface area contributed by atoms with Crippen molar-refractivity contribution in [3.8, 4) is 0 Å². The molecule has 0 atom stereocenters. The smallest absolute Gasteiger partial charge is 0.275 e. The molecule has 5 nitrogen and oxygen atoms in total. The second kappa shape index (κ2) is 7.18. The van der Waals surface area contributed by atoms with E-state index >= 15 is 0 Å². The molecule has 0 spiro atoms. The summed E-state index contributed by atoms with van der Waals surface area (Å²) in [5.74, 6) is -4.62. The third-order valence-electron chi connectivity index (χ3n) is 3.25. The molecule has 0 aliphatic heterocycles. The van der Waals surface area contributed by atoms with Crippen molar-refractivity contribution in [3.05, 3.63) is 77.8 Å². The second-order valence-electron chi connectivity index (χ2n) is 5.12. The molecule has 0 saturated heterocycles. The highest BCUT2D eigenvalue weighted by atomic mass is 19.2. The first-order valence-electron chi connectivity index (χ1n) is 7.23. The van der Waals surface area contributed by atoms with E-state index in [1.165, 1.54) is 18.3 Å². The third-order valence-corrected chi connectivity index (χ3v) is 3.25. The Labute approximate surface area is 144 Å². The number of carbonyl (C=O) groups is 1. The molecule has 1 amide bonds. The van der Waals surface area contributed by atoms with Gasteiger partial charge in [0.25, 0.3) is 5.91 Å². The van der Waals surface area contributed by atoms with Crippen molar-refractivity contribution in [3.63, 3.8) is 0 Å². The van der Waals surface area contributed by atoms with Crippen LogP contribution in [0.3, 0.4) is 0 Å². The Kier molecular flexibility index (Phi) is 4.78. The standard InChI is InChI=1S/C17H10F4N4O/c18-11-3-1-9(5-13(11)20)24-16-8-22-15(7-23-16)17(26)25-10-2-4-12(19)14(21)6-10/h1-8H,(H,23,24)(H,25,26). The topological polar surface area (TPSA) is 66.9 Å². The molecule has 1 heterocycles. The average Bonchev–Trinajstić information content (AvgIpc) is 2.62. The maximum Gasteiger partial charge on any atom is 0.275 e. The molecule has 0 aliphatic rings. The Bertz CT molecular complexity index is 963. The Morgan fingerprint density at radius 1 is 0.769 bits per heavy atom. The minimum Gasteiger partial charge on any atom is -0.339 e. The second-order valence-corrected chi connectivity index (χ2v) is 5.12. The summed E-state index contributed by atoms with van der Waals surface area (Å²) >= 11 is 0.